The number of carbonyl (C=O) groups is 1. The van der Waals surface area contributed by atoms with E-state index in [0.717, 1.165) is 5.75 Å². The fourth-order valence-corrected chi connectivity index (χ4v) is 3.34. The quantitative estimate of drug-likeness (QED) is 0.839. The van der Waals surface area contributed by atoms with Gasteiger partial charge in [0, 0.05) is 36.4 Å². The average Bonchev–Trinajstić information content (AvgIpc) is 2.18. The largest absolute Gasteiger partial charge is 0.481 e. The van der Waals surface area contributed by atoms with Gasteiger partial charge in [-0.2, -0.15) is 24.9 Å². The van der Waals surface area contributed by atoms with Crippen molar-refractivity contribution in [2.24, 2.45) is 0 Å². The highest BCUT2D eigenvalue weighted by atomic mass is 32.2. The highest BCUT2D eigenvalue weighted by molar-refractivity contribution is 8.00. The first kappa shape index (κ1) is 15.0. The van der Waals surface area contributed by atoms with Crippen molar-refractivity contribution >= 4 is 29.5 Å². The molecule has 0 amide bonds. The lowest BCUT2D eigenvalue weighted by Crippen LogP contribution is -2.44. The normalized spacial score (nSPS) is 22.6. The summed E-state index contributed by atoms with van der Waals surface area (Å²) >= 11 is 1.61. The zero-order chi connectivity index (χ0) is 12.9. The molecule has 1 unspecified atom stereocenters. The Balaban J connectivity index is 2.35. The van der Waals surface area contributed by atoms with E-state index in [1.807, 2.05) is 4.90 Å². The summed E-state index contributed by atoms with van der Waals surface area (Å²) in [5, 5.41) is 8.72. The maximum atomic E-state index is 12.0. The number of aliphatic carboxylic acids is 1. The molecule has 0 spiro atoms. The van der Waals surface area contributed by atoms with E-state index in [4.69, 9.17) is 5.11 Å². The molecule has 0 aromatic heterocycles. The molecular weight excluding hydrogens is 275 g/mol. The number of hydrogen-bond acceptors (Lipinski definition) is 4. The Morgan fingerprint density at radius 1 is 1.53 bits per heavy atom. The Morgan fingerprint density at radius 3 is 2.82 bits per heavy atom. The molecule has 1 fully saturated rings. The number of thioether (sulfide) groups is 2. The predicted octanol–water partition coefficient (Wildman–Crippen LogP) is 2.13. The van der Waals surface area contributed by atoms with Crippen LogP contribution >= 0.6 is 23.5 Å². The van der Waals surface area contributed by atoms with Crippen molar-refractivity contribution in [1.29, 1.82) is 0 Å². The lowest BCUT2D eigenvalue weighted by Gasteiger charge is -2.34. The topological polar surface area (TPSA) is 40.5 Å². The van der Waals surface area contributed by atoms with E-state index >= 15 is 0 Å². The monoisotopic (exact) mass is 289 g/mol. The highest BCUT2D eigenvalue weighted by Crippen LogP contribution is 2.30. The molecule has 1 aliphatic heterocycles. The van der Waals surface area contributed by atoms with Crippen LogP contribution < -0.4 is 0 Å². The number of carboxylic acids is 1. The van der Waals surface area contributed by atoms with Crippen LogP contribution in [0, 0.1) is 0 Å². The molecular formula is C9H14F3NO2S2. The lowest BCUT2D eigenvalue weighted by atomic mass is 10.2. The molecule has 0 aromatic carbocycles. The summed E-state index contributed by atoms with van der Waals surface area (Å²) in [4.78, 5) is 12.5. The molecule has 0 saturated carbocycles. The van der Waals surface area contributed by atoms with Crippen LogP contribution in [0.2, 0.25) is 0 Å². The van der Waals surface area contributed by atoms with Crippen molar-refractivity contribution in [3.8, 4) is 0 Å². The number of halogens is 3. The van der Waals surface area contributed by atoms with Gasteiger partial charge in [0.1, 0.15) is 0 Å². The van der Waals surface area contributed by atoms with Gasteiger partial charge in [-0.3, -0.25) is 9.69 Å². The van der Waals surface area contributed by atoms with Gasteiger partial charge in [-0.25, -0.2) is 0 Å². The lowest BCUT2D eigenvalue weighted by molar-refractivity contribution is -0.138. The fourth-order valence-electron chi connectivity index (χ4n) is 1.65. The summed E-state index contributed by atoms with van der Waals surface area (Å²) in [6.07, 6.45) is 0.00366. The van der Waals surface area contributed by atoms with Crippen LogP contribution in [0.3, 0.4) is 0 Å². The van der Waals surface area contributed by atoms with Gasteiger partial charge in [-0.1, -0.05) is 0 Å². The van der Waals surface area contributed by atoms with E-state index in [1.165, 1.54) is 0 Å². The fraction of sp³-hybridized carbons (Fsp3) is 0.889. The Morgan fingerprint density at radius 2 is 2.24 bits per heavy atom. The maximum absolute atomic E-state index is 12.0. The minimum atomic E-state index is -4.20. The van der Waals surface area contributed by atoms with E-state index in [9.17, 15) is 18.0 Å². The minimum absolute atomic E-state index is 0.00366. The molecule has 0 aromatic rings. The molecule has 1 atom stereocenters. The van der Waals surface area contributed by atoms with Gasteiger partial charge in [-0.05, 0) is 11.8 Å². The number of carboxylic acid groups (broad SMARTS) is 1. The van der Waals surface area contributed by atoms with Crippen molar-refractivity contribution in [1.82, 2.24) is 4.90 Å². The van der Waals surface area contributed by atoms with E-state index in [2.05, 4.69) is 0 Å². The van der Waals surface area contributed by atoms with E-state index < -0.39 is 11.5 Å². The summed E-state index contributed by atoms with van der Waals surface area (Å²) in [6.45, 7) is 0.962. The molecule has 1 saturated heterocycles. The van der Waals surface area contributed by atoms with Crippen LogP contribution in [0.25, 0.3) is 0 Å². The molecule has 3 nitrogen and oxygen atoms in total. The van der Waals surface area contributed by atoms with Crippen LogP contribution in [0.5, 0.6) is 0 Å². The first-order valence-electron chi connectivity index (χ1n) is 5.13. The molecule has 100 valence electrons. The molecule has 0 bridgehead atoms. The third-order valence-electron chi connectivity index (χ3n) is 2.40. The van der Waals surface area contributed by atoms with Crippen molar-refractivity contribution in [2.75, 3.05) is 30.3 Å². The molecule has 1 aliphatic rings. The van der Waals surface area contributed by atoms with Gasteiger partial charge in [0.2, 0.25) is 0 Å². The van der Waals surface area contributed by atoms with E-state index in [-0.39, 0.29) is 30.0 Å². The highest BCUT2D eigenvalue weighted by Gasteiger charge is 2.30. The first-order chi connectivity index (χ1) is 7.88. The Labute approximate surface area is 106 Å². The minimum Gasteiger partial charge on any atom is -0.481 e. The first-order valence-corrected chi connectivity index (χ1v) is 7.27. The molecule has 0 aliphatic carbocycles. The number of hydrogen-bond donors (Lipinski definition) is 1. The summed E-state index contributed by atoms with van der Waals surface area (Å²) in [5.41, 5.74) is -4.20. The predicted molar refractivity (Wildman–Crippen MR) is 63.5 cm³/mol. The van der Waals surface area contributed by atoms with Crippen molar-refractivity contribution in [3.05, 3.63) is 0 Å². The summed E-state index contributed by atoms with van der Waals surface area (Å²) in [5.74, 6) is 0.603. The zero-order valence-electron chi connectivity index (χ0n) is 9.07. The Hall–Kier alpha value is -0.0800. The Bertz CT molecular complexity index is 263. The van der Waals surface area contributed by atoms with Crippen LogP contribution in [0.15, 0.2) is 0 Å². The zero-order valence-corrected chi connectivity index (χ0v) is 10.7. The number of nitrogens with zero attached hydrogens (tertiary/aromatic N) is 1. The second kappa shape index (κ2) is 6.75. The van der Waals surface area contributed by atoms with Gasteiger partial charge in [0.25, 0.3) is 0 Å². The summed E-state index contributed by atoms with van der Waals surface area (Å²) < 4.78 is 35.9. The molecule has 8 heteroatoms. The third kappa shape index (κ3) is 6.42. The number of rotatable bonds is 5. The van der Waals surface area contributed by atoms with E-state index in [1.54, 1.807) is 11.8 Å². The summed E-state index contributed by atoms with van der Waals surface area (Å²) in [7, 11) is 0. The Kier molecular flexibility index (Phi) is 5.94. The molecule has 1 N–H and O–H groups in total. The van der Waals surface area contributed by atoms with Gasteiger partial charge in [0.05, 0.1) is 6.42 Å². The van der Waals surface area contributed by atoms with Crippen molar-refractivity contribution < 1.29 is 23.1 Å². The van der Waals surface area contributed by atoms with Crippen LogP contribution in [0.1, 0.15) is 6.42 Å². The molecule has 0 radical (unpaired) electrons. The molecule has 1 heterocycles. The maximum Gasteiger partial charge on any atom is 0.441 e. The van der Waals surface area contributed by atoms with Crippen LogP contribution in [-0.4, -0.2) is 57.9 Å². The van der Waals surface area contributed by atoms with Gasteiger partial charge >= 0.3 is 11.5 Å². The summed E-state index contributed by atoms with van der Waals surface area (Å²) in [6, 6.07) is -0.139. The second-order valence-corrected chi connectivity index (χ2v) is 5.97. The standard InChI is InChI=1S/C9H14F3NO2S2/c10-9(11,12)17-4-2-13-1-3-16-6-7(13)5-8(14)15/h7H,1-6H2,(H,14,15). The van der Waals surface area contributed by atoms with Gasteiger partial charge < -0.3 is 5.11 Å². The SMILES string of the molecule is O=C(O)CC1CSCCN1CCSC(F)(F)F. The van der Waals surface area contributed by atoms with Crippen LogP contribution in [0.4, 0.5) is 13.2 Å². The van der Waals surface area contributed by atoms with Gasteiger partial charge in [0.15, 0.2) is 0 Å². The molecule has 1 rings (SSSR count). The number of alkyl halides is 3. The third-order valence-corrected chi connectivity index (χ3v) is 4.21. The average molecular weight is 289 g/mol. The van der Waals surface area contributed by atoms with Gasteiger partial charge in [-0.15, -0.1) is 0 Å². The molecule has 17 heavy (non-hydrogen) atoms. The van der Waals surface area contributed by atoms with Crippen molar-refractivity contribution in [2.45, 2.75) is 18.0 Å². The second-order valence-electron chi connectivity index (χ2n) is 3.66. The van der Waals surface area contributed by atoms with E-state index in [0.29, 0.717) is 18.8 Å². The van der Waals surface area contributed by atoms with Crippen LogP contribution in [-0.2, 0) is 4.79 Å². The van der Waals surface area contributed by atoms with Crippen molar-refractivity contribution in [3.63, 3.8) is 0 Å². The smallest absolute Gasteiger partial charge is 0.441 e.